The molecule has 112 valence electrons. The number of alkyl halides is 3. The van der Waals surface area contributed by atoms with Gasteiger partial charge in [-0.2, -0.15) is 13.2 Å². The Morgan fingerprint density at radius 1 is 1.20 bits per heavy atom. The standard InChI is InChI=1S/C15H20F3NS/c1-2-20-14-10-6-5-9-13(14)19-12-8-4-3-7-11(12)15(16,17)18/h5-6,9-12,19H,2-4,7-8H2,1H3. The van der Waals surface area contributed by atoms with Gasteiger partial charge in [-0.25, -0.2) is 0 Å². The van der Waals surface area contributed by atoms with E-state index in [-0.39, 0.29) is 6.42 Å². The van der Waals surface area contributed by atoms with Crippen LogP contribution in [0.15, 0.2) is 29.2 Å². The van der Waals surface area contributed by atoms with Gasteiger partial charge in [-0.15, -0.1) is 11.8 Å². The van der Waals surface area contributed by atoms with Crippen LogP contribution in [0.2, 0.25) is 0 Å². The summed E-state index contributed by atoms with van der Waals surface area (Å²) in [5, 5.41) is 3.15. The third-order valence-electron chi connectivity index (χ3n) is 3.71. The predicted molar refractivity (Wildman–Crippen MR) is 78.3 cm³/mol. The van der Waals surface area contributed by atoms with E-state index in [1.807, 2.05) is 31.2 Å². The van der Waals surface area contributed by atoms with Crippen LogP contribution in [0.4, 0.5) is 18.9 Å². The first-order valence-corrected chi connectivity index (χ1v) is 8.06. The average Bonchev–Trinajstić information content (AvgIpc) is 2.41. The maximum atomic E-state index is 13.1. The first-order valence-electron chi connectivity index (χ1n) is 7.07. The highest BCUT2D eigenvalue weighted by atomic mass is 32.2. The van der Waals surface area contributed by atoms with Crippen molar-refractivity contribution in [2.75, 3.05) is 11.1 Å². The molecule has 0 aliphatic heterocycles. The molecule has 2 unspecified atom stereocenters. The van der Waals surface area contributed by atoms with Crippen molar-refractivity contribution in [1.29, 1.82) is 0 Å². The Balaban J connectivity index is 2.15. The summed E-state index contributed by atoms with van der Waals surface area (Å²) in [6.45, 7) is 2.04. The molecule has 2 atom stereocenters. The van der Waals surface area contributed by atoms with E-state index < -0.39 is 18.1 Å². The first-order chi connectivity index (χ1) is 9.52. The molecule has 1 nitrogen and oxygen atoms in total. The Hall–Kier alpha value is -0.840. The summed E-state index contributed by atoms with van der Waals surface area (Å²) >= 11 is 1.66. The number of nitrogens with one attached hydrogen (secondary N) is 1. The Labute approximate surface area is 122 Å². The van der Waals surface area contributed by atoms with Crippen molar-refractivity contribution in [3.05, 3.63) is 24.3 Å². The minimum Gasteiger partial charge on any atom is -0.381 e. The summed E-state index contributed by atoms with van der Waals surface area (Å²) in [4.78, 5) is 1.03. The molecule has 1 N–H and O–H groups in total. The maximum absolute atomic E-state index is 13.1. The van der Waals surface area contributed by atoms with Crippen molar-refractivity contribution in [1.82, 2.24) is 0 Å². The van der Waals surface area contributed by atoms with Gasteiger partial charge < -0.3 is 5.32 Å². The fraction of sp³-hybridized carbons (Fsp3) is 0.600. The zero-order chi connectivity index (χ0) is 14.6. The van der Waals surface area contributed by atoms with Crippen LogP contribution in [0.5, 0.6) is 0 Å². The quantitative estimate of drug-likeness (QED) is 0.754. The number of para-hydroxylation sites is 1. The largest absolute Gasteiger partial charge is 0.393 e. The number of thioether (sulfide) groups is 1. The zero-order valence-corrected chi connectivity index (χ0v) is 12.4. The molecule has 0 amide bonds. The van der Waals surface area contributed by atoms with Gasteiger partial charge in [0.05, 0.1) is 5.92 Å². The Bertz CT molecular complexity index is 433. The monoisotopic (exact) mass is 303 g/mol. The van der Waals surface area contributed by atoms with E-state index in [4.69, 9.17) is 0 Å². The smallest absolute Gasteiger partial charge is 0.381 e. The fourth-order valence-corrected chi connectivity index (χ4v) is 3.53. The molecule has 0 aromatic heterocycles. The highest BCUT2D eigenvalue weighted by molar-refractivity contribution is 7.99. The van der Waals surface area contributed by atoms with Crippen molar-refractivity contribution >= 4 is 17.4 Å². The average molecular weight is 303 g/mol. The Morgan fingerprint density at radius 3 is 2.60 bits per heavy atom. The van der Waals surface area contributed by atoms with Crippen LogP contribution in [0, 0.1) is 5.92 Å². The summed E-state index contributed by atoms with van der Waals surface area (Å²) in [6.07, 6.45) is -1.73. The molecule has 0 radical (unpaired) electrons. The van der Waals surface area contributed by atoms with Crippen LogP contribution in [-0.2, 0) is 0 Å². The molecule has 0 heterocycles. The molecule has 1 aliphatic rings. The molecule has 0 saturated heterocycles. The summed E-state index contributed by atoms with van der Waals surface area (Å²) in [5.74, 6) is -0.317. The van der Waals surface area contributed by atoms with E-state index in [1.165, 1.54) is 0 Å². The van der Waals surface area contributed by atoms with Gasteiger partial charge in [0.1, 0.15) is 0 Å². The van der Waals surface area contributed by atoms with Crippen LogP contribution < -0.4 is 5.32 Å². The summed E-state index contributed by atoms with van der Waals surface area (Å²) in [5.41, 5.74) is 0.834. The number of benzene rings is 1. The first kappa shape index (κ1) is 15.5. The van der Waals surface area contributed by atoms with Gasteiger partial charge in [-0.05, 0) is 30.7 Å². The van der Waals surface area contributed by atoms with Crippen LogP contribution >= 0.6 is 11.8 Å². The maximum Gasteiger partial charge on any atom is 0.393 e. The van der Waals surface area contributed by atoms with E-state index in [0.717, 1.165) is 22.8 Å². The molecule has 0 bridgehead atoms. The molecule has 1 fully saturated rings. The molecule has 1 aromatic rings. The number of hydrogen-bond acceptors (Lipinski definition) is 2. The predicted octanol–water partition coefficient (Wildman–Crippen LogP) is 5.33. The number of rotatable bonds is 4. The third kappa shape index (κ3) is 3.84. The normalized spacial score (nSPS) is 23.6. The van der Waals surface area contributed by atoms with Crippen LogP contribution in [0.3, 0.4) is 0 Å². The van der Waals surface area contributed by atoms with Gasteiger partial charge in [0.25, 0.3) is 0 Å². The number of hydrogen-bond donors (Lipinski definition) is 1. The minimum absolute atomic E-state index is 0.240. The molecule has 2 rings (SSSR count). The molecule has 5 heteroatoms. The summed E-state index contributed by atoms with van der Waals surface area (Å²) < 4.78 is 39.3. The summed E-state index contributed by atoms with van der Waals surface area (Å²) in [7, 11) is 0. The second kappa shape index (κ2) is 6.74. The van der Waals surface area contributed by atoms with E-state index in [2.05, 4.69) is 5.32 Å². The van der Waals surface area contributed by atoms with Gasteiger partial charge in [0, 0.05) is 16.6 Å². The molecular formula is C15H20F3NS. The lowest BCUT2D eigenvalue weighted by molar-refractivity contribution is -0.184. The van der Waals surface area contributed by atoms with Crippen LogP contribution in [-0.4, -0.2) is 18.0 Å². The topological polar surface area (TPSA) is 12.0 Å². The SMILES string of the molecule is CCSc1ccccc1NC1CCCCC1C(F)(F)F. The van der Waals surface area contributed by atoms with E-state index in [0.29, 0.717) is 12.8 Å². The minimum atomic E-state index is -4.11. The Kier molecular flexibility index (Phi) is 5.24. The van der Waals surface area contributed by atoms with E-state index in [9.17, 15) is 13.2 Å². The number of halogens is 3. The van der Waals surface area contributed by atoms with Gasteiger partial charge in [0.15, 0.2) is 0 Å². The third-order valence-corrected chi connectivity index (χ3v) is 4.67. The van der Waals surface area contributed by atoms with Gasteiger partial charge in [0.2, 0.25) is 0 Å². The molecular weight excluding hydrogens is 283 g/mol. The highest BCUT2D eigenvalue weighted by Gasteiger charge is 2.45. The molecule has 20 heavy (non-hydrogen) atoms. The molecule has 1 aliphatic carbocycles. The zero-order valence-electron chi connectivity index (χ0n) is 11.5. The lowest BCUT2D eigenvalue weighted by atomic mass is 9.84. The van der Waals surface area contributed by atoms with Crippen molar-refractivity contribution in [2.24, 2.45) is 5.92 Å². The van der Waals surface area contributed by atoms with Gasteiger partial charge in [-0.3, -0.25) is 0 Å². The van der Waals surface area contributed by atoms with Crippen molar-refractivity contribution in [2.45, 2.75) is 49.7 Å². The van der Waals surface area contributed by atoms with Gasteiger partial charge >= 0.3 is 6.18 Å². The van der Waals surface area contributed by atoms with E-state index >= 15 is 0 Å². The van der Waals surface area contributed by atoms with Crippen LogP contribution in [0.1, 0.15) is 32.6 Å². The molecule has 1 saturated carbocycles. The second-order valence-corrected chi connectivity index (χ2v) is 6.42. The lowest BCUT2D eigenvalue weighted by Gasteiger charge is -2.34. The van der Waals surface area contributed by atoms with Crippen molar-refractivity contribution < 1.29 is 13.2 Å². The molecule has 1 aromatic carbocycles. The summed E-state index contributed by atoms with van der Waals surface area (Å²) in [6, 6.07) is 7.13. The number of anilines is 1. The second-order valence-electron chi connectivity index (χ2n) is 5.11. The van der Waals surface area contributed by atoms with Gasteiger partial charge in [-0.1, -0.05) is 31.9 Å². The Morgan fingerprint density at radius 2 is 1.90 bits per heavy atom. The van der Waals surface area contributed by atoms with Crippen molar-refractivity contribution in [3.8, 4) is 0 Å². The highest BCUT2D eigenvalue weighted by Crippen LogP contribution is 2.40. The van der Waals surface area contributed by atoms with Crippen molar-refractivity contribution in [3.63, 3.8) is 0 Å². The van der Waals surface area contributed by atoms with E-state index in [1.54, 1.807) is 11.8 Å². The lowest BCUT2D eigenvalue weighted by Crippen LogP contribution is -2.41. The van der Waals surface area contributed by atoms with Crippen LogP contribution in [0.25, 0.3) is 0 Å². The molecule has 0 spiro atoms. The fourth-order valence-electron chi connectivity index (χ4n) is 2.76.